The first kappa shape index (κ1) is 13.0. The van der Waals surface area contributed by atoms with Crippen molar-refractivity contribution >= 4 is 12.0 Å². The number of amides is 1. The van der Waals surface area contributed by atoms with Gasteiger partial charge in [-0.2, -0.15) is 5.10 Å². The van der Waals surface area contributed by atoms with Crippen molar-refractivity contribution in [1.29, 1.82) is 0 Å². The topological polar surface area (TPSA) is 46.9 Å². The summed E-state index contributed by atoms with van der Waals surface area (Å²) in [6, 6.07) is 7.76. The van der Waals surface area contributed by atoms with Crippen LogP contribution in [0.1, 0.15) is 11.3 Å². The minimum atomic E-state index is -0.295. The van der Waals surface area contributed by atoms with E-state index in [0.29, 0.717) is 6.54 Å². The molecule has 0 fully saturated rings. The number of benzene rings is 1. The van der Waals surface area contributed by atoms with Crippen molar-refractivity contribution in [2.45, 2.75) is 6.54 Å². The summed E-state index contributed by atoms with van der Waals surface area (Å²) in [7, 11) is 1.82. The summed E-state index contributed by atoms with van der Waals surface area (Å²) in [6.45, 7) is 0.382. The summed E-state index contributed by atoms with van der Waals surface area (Å²) in [5, 5.41) is 6.87. The van der Waals surface area contributed by atoms with Crippen molar-refractivity contribution in [2.24, 2.45) is 7.05 Å². The Morgan fingerprint density at radius 2 is 2.11 bits per heavy atom. The Morgan fingerprint density at radius 1 is 1.37 bits per heavy atom. The Labute approximate surface area is 110 Å². The number of rotatable bonds is 4. The smallest absolute Gasteiger partial charge is 0.244 e. The molecule has 0 bridgehead atoms. The molecule has 98 valence electrons. The highest BCUT2D eigenvalue weighted by Crippen LogP contribution is 2.04. The monoisotopic (exact) mass is 259 g/mol. The Kier molecular flexibility index (Phi) is 4.07. The molecule has 1 heterocycles. The lowest BCUT2D eigenvalue weighted by Gasteiger charge is -1.98. The van der Waals surface area contributed by atoms with Gasteiger partial charge in [-0.1, -0.05) is 12.1 Å². The maximum absolute atomic E-state index is 12.7. The molecule has 19 heavy (non-hydrogen) atoms. The van der Waals surface area contributed by atoms with Crippen LogP contribution in [0.4, 0.5) is 4.39 Å². The molecule has 4 nitrogen and oxygen atoms in total. The molecule has 0 spiro atoms. The Morgan fingerprint density at radius 3 is 2.74 bits per heavy atom. The number of aryl methyl sites for hydroxylation is 1. The third kappa shape index (κ3) is 4.06. The average molecular weight is 259 g/mol. The van der Waals surface area contributed by atoms with Crippen molar-refractivity contribution in [2.75, 3.05) is 0 Å². The van der Waals surface area contributed by atoms with Crippen LogP contribution in [0.15, 0.2) is 42.6 Å². The van der Waals surface area contributed by atoms with E-state index >= 15 is 0 Å². The molecule has 5 heteroatoms. The molecule has 0 aliphatic heterocycles. The number of nitrogens with one attached hydrogen (secondary N) is 1. The first-order valence-electron chi connectivity index (χ1n) is 5.83. The molecule has 1 amide bonds. The van der Waals surface area contributed by atoms with Crippen LogP contribution in [-0.4, -0.2) is 15.7 Å². The fourth-order valence-electron chi connectivity index (χ4n) is 1.54. The van der Waals surface area contributed by atoms with E-state index in [-0.39, 0.29) is 11.7 Å². The SMILES string of the molecule is Cn1ccc(CNC(=O)/C=C/c2ccc(F)cc2)n1. The van der Waals surface area contributed by atoms with E-state index in [0.717, 1.165) is 11.3 Å². The predicted molar refractivity (Wildman–Crippen MR) is 70.5 cm³/mol. The molecule has 1 aromatic heterocycles. The lowest BCUT2D eigenvalue weighted by Crippen LogP contribution is -2.20. The number of carbonyl (C=O) groups excluding carboxylic acids is 1. The van der Waals surface area contributed by atoms with Gasteiger partial charge in [0.2, 0.25) is 5.91 Å². The van der Waals surface area contributed by atoms with E-state index in [1.54, 1.807) is 22.9 Å². The zero-order valence-electron chi connectivity index (χ0n) is 10.5. The van der Waals surface area contributed by atoms with Crippen molar-refractivity contribution < 1.29 is 9.18 Å². The van der Waals surface area contributed by atoms with E-state index < -0.39 is 0 Å². The van der Waals surface area contributed by atoms with Crippen molar-refractivity contribution in [3.8, 4) is 0 Å². The second kappa shape index (κ2) is 5.95. The lowest BCUT2D eigenvalue weighted by atomic mass is 10.2. The number of aromatic nitrogens is 2. The van der Waals surface area contributed by atoms with E-state index in [9.17, 15) is 9.18 Å². The van der Waals surface area contributed by atoms with Gasteiger partial charge in [0.25, 0.3) is 0 Å². The van der Waals surface area contributed by atoms with Crippen LogP contribution in [0.3, 0.4) is 0 Å². The Balaban J connectivity index is 1.85. The van der Waals surface area contributed by atoms with Gasteiger partial charge in [-0.05, 0) is 29.8 Å². The fourth-order valence-corrected chi connectivity index (χ4v) is 1.54. The van der Waals surface area contributed by atoms with Crippen LogP contribution in [0.5, 0.6) is 0 Å². The normalized spacial score (nSPS) is 10.8. The number of hydrogen-bond acceptors (Lipinski definition) is 2. The minimum Gasteiger partial charge on any atom is -0.347 e. The van der Waals surface area contributed by atoms with Crippen molar-refractivity contribution in [3.63, 3.8) is 0 Å². The first-order valence-corrected chi connectivity index (χ1v) is 5.83. The third-order valence-electron chi connectivity index (χ3n) is 2.51. The predicted octanol–water partition coefficient (Wildman–Crippen LogP) is 1.89. The molecule has 0 aliphatic carbocycles. The van der Waals surface area contributed by atoms with Gasteiger partial charge in [-0.25, -0.2) is 4.39 Å². The van der Waals surface area contributed by atoms with Crippen LogP contribution >= 0.6 is 0 Å². The molecular formula is C14H14FN3O. The highest BCUT2D eigenvalue weighted by atomic mass is 19.1. The number of halogens is 1. The third-order valence-corrected chi connectivity index (χ3v) is 2.51. The molecule has 0 aliphatic rings. The summed E-state index contributed by atoms with van der Waals surface area (Å²) in [6.07, 6.45) is 4.86. The molecule has 0 saturated heterocycles. The van der Waals surface area contributed by atoms with Gasteiger partial charge in [0.1, 0.15) is 5.82 Å². The molecule has 2 rings (SSSR count). The average Bonchev–Trinajstić information content (AvgIpc) is 2.81. The van der Waals surface area contributed by atoms with Gasteiger partial charge in [-0.15, -0.1) is 0 Å². The molecule has 0 radical (unpaired) electrons. The van der Waals surface area contributed by atoms with E-state index in [1.807, 2.05) is 19.3 Å². The van der Waals surface area contributed by atoms with E-state index in [2.05, 4.69) is 10.4 Å². The summed E-state index contributed by atoms with van der Waals surface area (Å²) in [5.74, 6) is -0.508. The van der Waals surface area contributed by atoms with Crippen LogP contribution in [-0.2, 0) is 18.4 Å². The van der Waals surface area contributed by atoms with E-state index in [1.165, 1.54) is 18.2 Å². The molecule has 2 aromatic rings. The zero-order valence-corrected chi connectivity index (χ0v) is 10.5. The molecule has 0 saturated carbocycles. The van der Waals surface area contributed by atoms with Gasteiger partial charge in [0.05, 0.1) is 12.2 Å². The van der Waals surface area contributed by atoms with Gasteiger partial charge in [0.15, 0.2) is 0 Å². The summed E-state index contributed by atoms with van der Waals surface area (Å²) in [4.78, 5) is 11.6. The van der Waals surface area contributed by atoms with Crippen LogP contribution in [0.2, 0.25) is 0 Å². The lowest BCUT2D eigenvalue weighted by molar-refractivity contribution is -0.116. The summed E-state index contributed by atoms with van der Waals surface area (Å²) < 4.78 is 14.4. The number of nitrogens with zero attached hydrogens (tertiary/aromatic N) is 2. The van der Waals surface area contributed by atoms with Crippen molar-refractivity contribution in [1.82, 2.24) is 15.1 Å². The number of carbonyl (C=O) groups is 1. The Bertz CT molecular complexity index is 587. The number of hydrogen-bond donors (Lipinski definition) is 1. The van der Waals surface area contributed by atoms with Gasteiger partial charge >= 0.3 is 0 Å². The maximum atomic E-state index is 12.7. The van der Waals surface area contributed by atoms with Crippen LogP contribution in [0, 0.1) is 5.82 Å². The molecule has 1 aromatic carbocycles. The minimum absolute atomic E-state index is 0.213. The van der Waals surface area contributed by atoms with Gasteiger partial charge in [-0.3, -0.25) is 9.48 Å². The maximum Gasteiger partial charge on any atom is 0.244 e. The highest BCUT2D eigenvalue weighted by Gasteiger charge is 1.99. The van der Waals surface area contributed by atoms with Crippen molar-refractivity contribution in [3.05, 3.63) is 59.7 Å². The second-order valence-corrected chi connectivity index (χ2v) is 4.08. The van der Waals surface area contributed by atoms with Gasteiger partial charge < -0.3 is 5.32 Å². The summed E-state index contributed by atoms with van der Waals surface area (Å²) >= 11 is 0. The standard InChI is InChI=1S/C14H14FN3O/c1-18-9-8-13(17-18)10-16-14(19)7-4-11-2-5-12(15)6-3-11/h2-9H,10H2,1H3,(H,16,19)/b7-4+. The second-order valence-electron chi connectivity index (χ2n) is 4.08. The fraction of sp³-hybridized carbons (Fsp3) is 0.143. The quantitative estimate of drug-likeness (QED) is 0.852. The van der Waals surface area contributed by atoms with Gasteiger partial charge in [0, 0.05) is 19.3 Å². The summed E-state index contributed by atoms with van der Waals surface area (Å²) in [5.41, 5.74) is 1.57. The zero-order chi connectivity index (χ0) is 13.7. The molecular weight excluding hydrogens is 245 g/mol. The van der Waals surface area contributed by atoms with Crippen LogP contribution in [0.25, 0.3) is 6.08 Å². The first-order chi connectivity index (χ1) is 9.13. The molecule has 0 unspecified atom stereocenters. The highest BCUT2D eigenvalue weighted by molar-refractivity contribution is 5.91. The van der Waals surface area contributed by atoms with Crippen LogP contribution < -0.4 is 5.32 Å². The van der Waals surface area contributed by atoms with E-state index in [4.69, 9.17) is 0 Å². The molecule has 1 N–H and O–H groups in total. The largest absolute Gasteiger partial charge is 0.347 e. The molecule has 0 atom stereocenters. The Hall–Kier alpha value is -2.43.